The minimum Gasteiger partial charge on any atom is -0.375 e. The van der Waals surface area contributed by atoms with Crippen LogP contribution in [0.25, 0.3) is 0 Å². The first kappa shape index (κ1) is 16.6. The molecule has 0 saturated carbocycles. The summed E-state index contributed by atoms with van der Waals surface area (Å²) in [6, 6.07) is 0.658. The summed E-state index contributed by atoms with van der Waals surface area (Å²) in [6.07, 6.45) is 7.70. The van der Waals surface area contributed by atoms with Crippen molar-refractivity contribution >= 4 is 11.8 Å². The van der Waals surface area contributed by atoms with Crippen molar-refractivity contribution < 1.29 is 4.74 Å². The van der Waals surface area contributed by atoms with E-state index in [-0.39, 0.29) is 5.60 Å². The average molecular weight is 300 g/mol. The van der Waals surface area contributed by atoms with Gasteiger partial charge in [0.1, 0.15) is 0 Å². The normalized spacial score (nSPS) is 29.2. The van der Waals surface area contributed by atoms with Crippen molar-refractivity contribution in [2.24, 2.45) is 11.8 Å². The lowest BCUT2D eigenvalue weighted by atomic mass is 9.75. The Kier molecular flexibility index (Phi) is 6.70. The van der Waals surface area contributed by atoms with Gasteiger partial charge in [-0.3, -0.25) is 0 Å². The van der Waals surface area contributed by atoms with Gasteiger partial charge in [0, 0.05) is 12.6 Å². The fraction of sp³-hybridized carbons (Fsp3) is 1.00. The van der Waals surface area contributed by atoms with Crippen molar-refractivity contribution in [1.29, 1.82) is 0 Å². The van der Waals surface area contributed by atoms with Crippen molar-refractivity contribution in [2.75, 3.05) is 24.7 Å². The molecule has 1 N–H and O–H groups in total. The third-order valence-electron chi connectivity index (χ3n) is 5.21. The van der Waals surface area contributed by atoms with Crippen molar-refractivity contribution in [3.05, 3.63) is 0 Å². The molecule has 2 nitrogen and oxygen atoms in total. The summed E-state index contributed by atoms with van der Waals surface area (Å²) >= 11 is 2.10. The molecule has 0 aromatic heterocycles. The van der Waals surface area contributed by atoms with E-state index < -0.39 is 0 Å². The lowest BCUT2D eigenvalue weighted by Gasteiger charge is -2.45. The van der Waals surface area contributed by atoms with Gasteiger partial charge in [-0.2, -0.15) is 11.8 Å². The first-order valence-corrected chi connectivity index (χ1v) is 9.76. The summed E-state index contributed by atoms with van der Waals surface area (Å²) < 4.78 is 6.23. The van der Waals surface area contributed by atoms with Gasteiger partial charge in [0.05, 0.1) is 5.60 Å². The van der Waals surface area contributed by atoms with Gasteiger partial charge < -0.3 is 10.1 Å². The first-order chi connectivity index (χ1) is 9.65. The molecule has 3 atom stereocenters. The Bertz CT molecular complexity index is 273. The standard InChI is InChI=1S/C17H33NOS/c1-4-8-18-15(3)12-14(2)16-5-9-19-17(13-16)6-10-20-11-7-17/h14-16,18H,4-13H2,1-3H3. The minimum absolute atomic E-state index is 0.252. The monoisotopic (exact) mass is 299 g/mol. The van der Waals surface area contributed by atoms with Gasteiger partial charge in [-0.25, -0.2) is 0 Å². The van der Waals surface area contributed by atoms with Crippen LogP contribution < -0.4 is 5.32 Å². The van der Waals surface area contributed by atoms with E-state index in [0.717, 1.165) is 25.0 Å². The molecule has 2 fully saturated rings. The Morgan fingerprint density at radius 3 is 2.75 bits per heavy atom. The van der Waals surface area contributed by atoms with Crippen LogP contribution in [0, 0.1) is 11.8 Å². The summed E-state index contributed by atoms with van der Waals surface area (Å²) in [7, 11) is 0. The van der Waals surface area contributed by atoms with E-state index in [1.165, 1.54) is 50.0 Å². The van der Waals surface area contributed by atoms with Crippen LogP contribution in [0.3, 0.4) is 0 Å². The van der Waals surface area contributed by atoms with Crippen LogP contribution in [0.5, 0.6) is 0 Å². The Hall–Kier alpha value is 0.270. The van der Waals surface area contributed by atoms with E-state index in [9.17, 15) is 0 Å². The highest BCUT2D eigenvalue weighted by atomic mass is 32.2. The summed E-state index contributed by atoms with van der Waals surface area (Å²) in [6.45, 7) is 9.20. The SMILES string of the molecule is CCCNC(C)CC(C)C1CCOC2(CCSCC2)C1. The van der Waals surface area contributed by atoms with Crippen molar-refractivity contribution in [3.63, 3.8) is 0 Å². The molecule has 118 valence electrons. The lowest BCUT2D eigenvalue weighted by molar-refractivity contribution is -0.110. The molecule has 0 bridgehead atoms. The Balaban J connectivity index is 1.81. The molecule has 0 aliphatic carbocycles. The van der Waals surface area contributed by atoms with Crippen LogP contribution in [0.4, 0.5) is 0 Å². The van der Waals surface area contributed by atoms with E-state index in [2.05, 4.69) is 37.8 Å². The number of nitrogens with one attached hydrogen (secondary N) is 1. The van der Waals surface area contributed by atoms with Gasteiger partial charge in [0.25, 0.3) is 0 Å². The third kappa shape index (κ3) is 4.64. The fourth-order valence-electron chi connectivity index (χ4n) is 3.87. The largest absolute Gasteiger partial charge is 0.375 e. The molecule has 20 heavy (non-hydrogen) atoms. The second kappa shape index (κ2) is 8.05. The average Bonchev–Trinajstić information content (AvgIpc) is 2.46. The molecule has 0 amide bonds. The maximum absolute atomic E-state index is 6.23. The van der Waals surface area contributed by atoms with Crippen LogP contribution in [0.15, 0.2) is 0 Å². The molecule has 2 heterocycles. The van der Waals surface area contributed by atoms with E-state index in [0.29, 0.717) is 6.04 Å². The molecule has 2 rings (SSSR count). The zero-order valence-electron chi connectivity index (χ0n) is 13.6. The predicted octanol–water partition coefficient (Wildman–Crippen LogP) is 4.09. The van der Waals surface area contributed by atoms with Gasteiger partial charge >= 0.3 is 0 Å². The highest BCUT2D eigenvalue weighted by Crippen LogP contribution is 2.42. The number of hydrogen-bond donors (Lipinski definition) is 1. The predicted molar refractivity (Wildman–Crippen MR) is 89.5 cm³/mol. The maximum atomic E-state index is 6.23. The van der Waals surface area contributed by atoms with Crippen molar-refractivity contribution in [3.8, 4) is 0 Å². The molecular formula is C17H33NOS. The number of hydrogen-bond acceptors (Lipinski definition) is 3. The summed E-state index contributed by atoms with van der Waals surface area (Å²) in [5.74, 6) is 4.30. The van der Waals surface area contributed by atoms with Crippen LogP contribution in [-0.4, -0.2) is 36.3 Å². The molecule has 2 aliphatic heterocycles. The second-order valence-electron chi connectivity index (χ2n) is 6.96. The fourth-order valence-corrected chi connectivity index (χ4v) is 5.10. The first-order valence-electron chi connectivity index (χ1n) is 8.60. The molecule has 0 radical (unpaired) electrons. The molecular weight excluding hydrogens is 266 g/mol. The van der Waals surface area contributed by atoms with Crippen molar-refractivity contribution in [2.45, 2.75) is 70.9 Å². The molecule has 2 saturated heterocycles. The number of rotatable bonds is 6. The highest BCUT2D eigenvalue weighted by molar-refractivity contribution is 7.99. The summed E-state index contributed by atoms with van der Waals surface area (Å²) in [4.78, 5) is 0. The number of ether oxygens (including phenoxy) is 1. The smallest absolute Gasteiger partial charge is 0.0701 e. The van der Waals surface area contributed by atoms with Crippen LogP contribution in [0.1, 0.15) is 59.3 Å². The molecule has 3 unspecified atom stereocenters. The second-order valence-corrected chi connectivity index (χ2v) is 8.19. The summed E-state index contributed by atoms with van der Waals surface area (Å²) in [5, 5.41) is 3.64. The third-order valence-corrected chi connectivity index (χ3v) is 6.19. The van der Waals surface area contributed by atoms with Gasteiger partial charge in [0.15, 0.2) is 0 Å². The van der Waals surface area contributed by atoms with Crippen LogP contribution >= 0.6 is 11.8 Å². The Morgan fingerprint density at radius 2 is 2.05 bits per heavy atom. The molecule has 1 spiro atoms. The summed E-state index contributed by atoms with van der Waals surface area (Å²) in [5.41, 5.74) is 0.252. The molecule has 3 heteroatoms. The van der Waals surface area contributed by atoms with Crippen LogP contribution in [-0.2, 0) is 4.74 Å². The van der Waals surface area contributed by atoms with Gasteiger partial charge in [-0.1, -0.05) is 13.8 Å². The number of thioether (sulfide) groups is 1. The van der Waals surface area contributed by atoms with E-state index in [4.69, 9.17) is 4.74 Å². The van der Waals surface area contributed by atoms with E-state index >= 15 is 0 Å². The quantitative estimate of drug-likeness (QED) is 0.798. The highest BCUT2D eigenvalue weighted by Gasteiger charge is 2.40. The Morgan fingerprint density at radius 1 is 1.30 bits per heavy atom. The van der Waals surface area contributed by atoms with Crippen molar-refractivity contribution in [1.82, 2.24) is 5.32 Å². The molecule has 0 aromatic carbocycles. The zero-order valence-corrected chi connectivity index (χ0v) is 14.4. The van der Waals surface area contributed by atoms with Gasteiger partial charge in [0.2, 0.25) is 0 Å². The van der Waals surface area contributed by atoms with Crippen LogP contribution in [0.2, 0.25) is 0 Å². The van der Waals surface area contributed by atoms with E-state index in [1.807, 2.05) is 0 Å². The minimum atomic E-state index is 0.252. The topological polar surface area (TPSA) is 21.3 Å². The lowest BCUT2D eigenvalue weighted by Crippen LogP contribution is -2.44. The Labute approximate surface area is 129 Å². The molecule has 2 aliphatic rings. The van der Waals surface area contributed by atoms with E-state index in [1.54, 1.807) is 0 Å². The molecule has 0 aromatic rings. The maximum Gasteiger partial charge on any atom is 0.0701 e. The van der Waals surface area contributed by atoms with Gasteiger partial charge in [-0.15, -0.1) is 0 Å². The zero-order chi connectivity index (χ0) is 14.4. The van der Waals surface area contributed by atoms with Gasteiger partial charge in [-0.05, 0) is 75.3 Å².